The Bertz CT molecular complexity index is 1590. The number of aliphatic hydroxyl groups is 2. The Morgan fingerprint density at radius 1 is 1.05 bits per heavy atom. The van der Waals surface area contributed by atoms with E-state index in [1.165, 1.54) is 12.1 Å². The second-order valence-electron chi connectivity index (χ2n) is 11.7. The van der Waals surface area contributed by atoms with Gasteiger partial charge in [0, 0.05) is 55.6 Å². The molecule has 1 atom stereocenters. The van der Waals surface area contributed by atoms with E-state index in [1.807, 2.05) is 40.6 Å². The number of piperidine rings is 1. The number of rotatable bonds is 6. The molecule has 0 bridgehead atoms. The van der Waals surface area contributed by atoms with Crippen LogP contribution in [0, 0.1) is 0 Å². The summed E-state index contributed by atoms with van der Waals surface area (Å²) in [5, 5.41) is 23.5. The first-order valence-corrected chi connectivity index (χ1v) is 15.2. The van der Waals surface area contributed by atoms with Crippen molar-refractivity contribution >= 4 is 11.0 Å². The number of H-pyrrole nitrogens is 1. The topological polar surface area (TPSA) is 103 Å². The molecule has 0 saturated carbocycles. The van der Waals surface area contributed by atoms with Gasteiger partial charge in [-0.3, -0.25) is 9.25 Å². The van der Waals surface area contributed by atoms with Crippen molar-refractivity contribution in [3.05, 3.63) is 75.8 Å². The molecule has 6 rings (SSSR count). The zero-order valence-corrected chi connectivity index (χ0v) is 25.2. The lowest BCUT2D eigenvalue weighted by atomic mass is 10.0. The summed E-state index contributed by atoms with van der Waals surface area (Å²) in [6.45, 7) is 5.84. The van der Waals surface area contributed by atoms with Gasteiger partial charge >= 0.3 is 11.9 Å². The van der Waals surface area contributed by atoms with Gasteiger partial charge in [-0.1, -0.05) is 24.3 Å². The zero-order valence-electron chi connectivity index (χ0n) is 25.2. The Morgan fingerprint density at radius 3 is 2.41 bits per heavy atom. The van der Waals surface area contributed by atoms with Gasteiger partial charge in [0.25, 0.3) is 0 Å². The minimum Gasteiger partial charge on any atom is -0.397 e. The number of hydrogen-bond donors (Lipinski definition) is 3. The molecular weight excluding hydrogens is 573 g/mol. The number of aromatic nitrogens is 4. The number of benzene rings is 2. The number of aromatic amines is 1. The summed E-state index contributed by atoms with van der Waals surface area (Å²) in [5.74, 6) is 0. The predicted molar refractivity (Wildman–Crippen MR) is 163 cm³/mol. The second kappa shape index (κ2) is 13.7. The quantitative estimate of drug-likeness (QED) is 0.300. The minimum absolute atomic E-state index is 0.0847. The number of hydrogen-bond acceptors (Lipinski definition) is 6. The number of aliphatic hydroxyl groups excluding tert-OH is 2. The highest BCUT2D eigenvalue weighted by Crippen LogP contribution is 2.34. The molecule has 1 unspecified atom stereocenters. The van der Waals surface area contributed by atoms with E-state index in [4.69, 9.17) is 10.2 Å². The van der Waals surface area contributed by atoms with E-state index in [1.54, 1.807) is 6.92 Å². The third-order valence-corrected chi connectivity index (χ3v) is 8.43. The van der Waals surface area contributed by atoms with Gasteiger partial charge in [-0.25, -0.2) is 4.79 Å². The van der Waals surface area contributed by atoms with E-state index in [9.17, 15) is 23.1 Å². The molecule has 238 valence electrons. The highest BCUT2D eigenvalue weighted by Gasteiger charge is 2.31. The van der Waals surface area contributed by atoms with Crippen molar-refractivity contribution in [3.8, 4) is 11.3 Å². The van der Waals surface area contributed by atoms with Crippen LogP contribution < -0.4 is 5.69 Å². The van der Waals surface area contributed by atoms with E-state index in [0.29, 0.717) is 30.9 Å². The molecule has 9 nitrogen and oxygen atoms in total. The molecule has 4 heterocycles. The van der Waals surface area contributed by atoms with Crippen LogP contribution >= 0.6 is 0 Å². The molecule has 2 aromatic carbocycles. The molecule has 0 amide bonds. The summed E-state index contributed by atoms with van der Waals surface area (Å²) in [7, 11) is 2.03. The van der Waals surface area contributed by atoms with Crippen LogP contribution in [0.3, 0.4) is 0 Å². The van der Waals surface area contributed by atoms with Gasteiger partial charge in [0.15, 0.2) is 0 Å². The van der Waals surface area contributed by atoms with Crippen LogP contribution in [0.4, 0.5) is 13.2 Å². The van der Waals surface area contributed by atoms with E-state index in [2.05, 4.69) is 14.8 Å². The molecule has 0 aliphatic carbocycles. The normalized spacial score (nSPS) is 17.6. The minimum atomic E-state index is -4.39. The standard InChI is InChI=1S/C30H35F3N6O2.C2H6O/c1-36-14-4-7-26-24(19-36)28(20-8-10-21(11-9-20)30(31,32)33)35-38(26)18-23(40)17-37-15-12-22(13-16-37)39-27-6-3-2-5-25(27)34-29(39)41;1-2-3/h2-3,5-6,8-11,22-23,40H,4,7,12-19H2,1H3,(H,34,41);3H,2H2,1H3. The Hall–Kier alpha value is -3.45. The monoisotopic (exact) mass is 614 g/mol. The fraction of sp³-hybridized carbons (Fsp3) is 0.500. The van der Waals surface area contributed by atoms with Gasteiger partial charge in [0.2, 0.25) is 0 Å². The summed E-state index contributed by atoms with van der Waals surface area (Å²) in [6, 6.07) is 13.0. The molecule has 2 aliphatic heterocycles. The van der Waals surface area contributed by atoms with E-state index < -0.39 is 17.8 Å². The number of likely N-dealkylation sites (tertiary alicyclic amines) is 1. The second-order valence-corrected chi connectivity index (χ2v) is 11.7. The largest absolute Gasteiger partial charge is 0.416 e. The summed E-state index contributed by atoms with van der Waals surface area (Å²) in [5.41, 5.74) is 4.38. The molecule has 0 radical (unpaired) electrons. The van der Waals surface area contributed by atoms with Crippen LogP contribution in [0.1, 0.15) is 49.0 Å². The SMILES string of the molecule is CCO.CN1CCCc2c(c(-c3ccc(C(F)(F)F)cc3)nn2CC(O)CN2CCC(n3c(=O)[nH]c4ccccc43)CC2)C1. The van der Waals surface area contributed by atoms with E-state index in [0.717, 1.165) is 79.7 Å². The predicted octanol–water partition coefficient (Wildman–Crippen LogP) is 4.29. The van der Waals surface area contributed by atoms with Crippen LogP contribution in [0.5, 0.6) is 0 Å². The third kappa shape index (κ3) is 7.09. The molecule has 2 aromatic heterocycles. The summed E-state index contributed by atoms with van der Waals surface area (Å²) in [6.07, 6.45) is -1.68. The van der Waals surface area contributed by atoms with E-state index in [-0.39, 0.29) is 18.3 Å². The van der Waals surface area contributed by atoms with Gasteiger partial charge in [0.05, 0.1) is 34.9 Å². The van der Waals surface area contributed by atoms with Crippen molar-refractivity contribution in [3.63, 3.8) is 0 Å². The lowest BCUT2D eigenvalue weighted by molar-refractivity contribution is -0.137. The van der Waals surface area contributed by atoms with Gasteiger partial charge < -0.3 is 25.0 Å². The van der Waals surface area contributed by atoms with Crippen molar-refractivity contribution in [2.24, 2.45) is 0 Å². The number of alkyl halides is 3. The number of halogens is 3. The number of fused-ring (bicyclic) bond motifs is 2. The van der Waals surface area contributed by atoms with Gasteiger partial charge in [-0.15, -0.1) is 0 Å². The van der Waals surface area contributed by atoms with Crippen molar-refractivity contribution < 1.29 is 23.4 Å². The summed E-state index contributed by atoms with van der Waals surface area (Å²) in [4.78, 5) is 20.0. The Labute approximate surface area is 254 Å². The number of imidazole rings is 1. The zero-order chi connectivity index (χ0) is 31.4. The highest BCUT2D eigenvalue weighted by molar-refractivity contribution is 5.75. The Morgan fingerprint density at radius 2 is 1.73 bits per heavy atom. The molecule has 1 fully saturated rings. The van der Waals surface area contributed by atoms with E-state index >= 15 is 0 Å². The fourth-order valence-corrected chi connectivity index (χ4v) is 6.40. The Balaban J connectivity index is 0.00000123. The molecule has 12 heteroatoms. The van der Waals surface area contributed by atoms with Crippen LogP contribution in [0.15, 0.2) is 53.3 Å². The van der Waals surface area contributed by atoms with Crippen molar-refractivity contribution in [2.45, 2.75) is 64.0 Å². The molecule has 2 aliphatic rings. The lowest BCUT2D eigenvalue weighted by Crippen LogP contribution is -2.41. The van der Waals surface area contributed by atoms with Crippen LogP contribution in [-0.4, -0.2) is 85.3 Å². The number of nitrogens with zero attached hydrogens (tertiary/aromatic N) is 5. The lowest BCUT2D eigenvalue weighted by Gasteiger charge is -2.33. The first-order valence-electron chi connectivity index (χ1n) is 15.2. The number of para-hydroxylation sites is 2. The fourth-order valence-electron chi connectivity index (χ4n) is 6.40. The van der Waals surface area contributed by atoms with Crippen LogP contribution in [-0.2, 0) is 25.7 Å². The van der Waals surface area contributed by atoms with Crippen molar-refractivity contribution in [2.75, 3.05) is 39.8 Å². The van der Waals surface area contributed by atoms with Crippen molar-refractivity contribution in [1.29, 1.82) is 0 Å². The smallest absolute Gasteiger partial charge is 0.397 e. The molecular formula is C32H41F3N6O3. The van der Waals surface area contributed by atoms with Crippen LogP contribution in [0.2, 0.25) is 0 Å². The maximum absolute atomic E-state index is 13.1. The first kappa shape index (κ1) is 32.0. The Kier molecular flexibility index (Phi) is 9.94. The number of nitrogens with one attached hydrogen (secondary N) is 1. The maximum Gasteiger partial charge on any atom is 0.416 e. The van der Waals surface area contributed by atoms with Crippen molar-refractivity contribution in [1.82, 2.24) is 29.1 Å². The van der Waals surface area contributed by atoms with Gasteiger partial charge in [-0.05, 0) is 70.5 Å². The van der Waals surface area contributed by atoms with Gasteiger partial charge in [-0.2, -0.15) is 18.3 Å². The summed E-state index contributed by atoms with van der Waals surface area (Å²) < 4.78 is 43.1. The third-order valence-electron chi connectivity index (χ3n) is 8.43. The molecule has 4 aromatic rings. The highest BCUT2D eigenvalue weighted by atomic mass is 19.4. The maximum atomic E-state index is 13.1. The summed E-state index contributed by atoms with van der Waals surface area (Å²) >= 11 is 0. The molecule has 1 saturated heterocycles. The average molecular weight is 615 g/mol. The first-order chi connectivity index (χ1) is 21.1. The molecule has 44 heavy (non-hydrogen) atoms. The molecule has 0 spiro atoms. The number of β-amino-alcohol motifs (C(OH)–C–C–N with tert-alkyl or cyclic N) is 1. The average Bonchev–Trinajstić information content (AvgIpc) is 3.41. The molecule has 3 N–H and O–H groups in total. The van der Waals surface area contributed by atoms with Gasteiger partial charge in [0.1, 0.15) is 0 Å². The van der Waals surface area contributed by atoms with Crippen LogP contribution in [0.25, 0.3) is 22.3 Å².